The lowest BCUT2D eigenvalue weighted by atomic mass is 9.82. The number of hydrogen-bond donors (Lipinski definition) is 2. The van der Waals surface area contributed by atoms with Gasteiger partial charge in [0.25, 0.3) is 5.91 Å². The molecule has 1 fully saturated rings. The molecule has 25 heavy (non-hydrogen) atoms. The van der Waals surface area contributed by atoms with Gasteiger partial charge in [-0.1, -0.05) is 30.3 Å². The van der Waals surface area contributed by atoms with Crippen molar-refractivity contribution >= 4 is 5.91 Å². The molecule has 1 heterocycles. The third kappa shape index (κ3) is 3.25. The molecule has 0 aromatic heterocycles. The average molecular weight is 340 g/mol. The lowest BCUT2D eigenvalue weighted by molar-refractivity contribution is -0.118. The van der Waals surface area contributed by atoms with Crippen molar-refractivity contribution in [2.45, 2.75) is 18.1 Å². The van der Waals surface area contributed by atoms with Gasteiger partial charge in [0, 0.05) is 18.5 Å². The Morgan fingerprint density at radius 1 is 1.28 bits per heavy atom. The third-order valence-corrected chi connectivity index (χ3v) is 4.54. The van der Waals surface area contributed by atoms with Gasteiger partial charge in [0.1, 0.15) is 17.5 Å². The van der Waals surface area contributed by atoms with Crippen LogP contribution in [0.25, 0.3) is 0 Å². The first-order valence-electron chi connectivity index (χ1n) is 7.90. The zero-order valence-electron chi connectivity index (χ0n) is 13.4. The van der Waals surface area contributed by atoms with Crippen LogP contribution in [0.5, 0.6) is 0 Å². The van der Waals surface area contributed by atoms with Gasteiger partial charge >= 0.3 is 0 Å². The SMILES string of the molecule is N#Cc1cc(F)cc(C(=O)N2CC[C@](O)(c3ccccc3)[C@@H](O)C2)c1. The van der Waals surface area contributed by atoms with Crippen molar-refractivity contribution in [3.05, 3.63) is 71.0 Å². The number of nitriles is 1. The standard InChI is InChI=1S/C19H17FN2O3/c20-16-9-13(11-21)8-14(10-16)18(24)22-7-6-19(25,17(23)12-22)15-4-2-1-3-5-15/h1-5,8-10,17,23,25H,6-7,12H2/t17-,19-/m0/s1. The number of β-amino-alcohol motifs (C(OH)–C–C–N with tert-alkyl or cyclic N) is 1. The van der Waals surface area contributed by atoms with E-state index in [1.54, 1.807) is 24.3 Å². The molecule has 1 saturated heterocycles. The monoisotopic (exact) mass is 340 g/mol. The molecule has 2 N–H and O–H groups in total. The second-order valence-corrected chi connectivity index (χ2v) is 6.15. The van der Waals surface area contributed by atoms with E-state index in [1.807, 2.05) is 12.1 Å². The highest BCUT2D eigenvalue weighted by Gasteiger charge is 2.43. The number of hydrogen-bond acceptors (Lipinski definition) is 4. The number of amides is 1. The van der Waals surface area contributed by atoms with Gasteiger partial charge in [0.15, 0.2) is 0 Å². The Hall–Kier alpha value is -2.75. The van der Waals surface area contributed by atoms with E-state index in [1.165, 1.54) is 11.0 Å². The summed E-state index contributed by atoms with van der Waals surface area (Å²) in [6.45, 7) is 0.127. The summed E-state index contributed by atoms with van der Waals surface area (Å²) < 4.78 is 13.6. The molecular weight excluding hydrogens is 323 g/mol. The van der Waals surface area contributed by atoms with Gasteiger partial charge in [-0.3, -0.25) is 4.79 Å². The van der Waals surface area contributed by atoms with Crippen molar-refractivity contribution in [1.82, 2.24) is 4.90 Å². The Kier molecular flexibility index (Phi) is 4.53. The van der Waals surface area contributed by atoms with E-state index in [0.29, 0.717) is 5.56 Å². The van der Waals surface area contributed by atoms with E-state index in [2.05, 4.69) is 0 Å². The van der Waals surface area contributed by atoms with Crippen LogP contribution >= 0.6 is 0 Å². The van der Waals surface area contributed by atoms with Crippen LogP contribution in [-0.4, -0.2) is 40.2 Å². The third-order valence-electron chi connectivity index (χ3n) is 4.54. The molecule has 1 amide bonds. The minimum Gasteiger partial charge on any atom is -0.388 e. The van der Waals surface area contributed by atoms with Gasteiger partial charge in [0.2, 0.25) is 0 Å². The maximum atomic E-state index is 13.6. The van der Waals surface area contributed by atoms with E-state index in [-0.39, 0.29) is 30.6 Å². The second kappa shape index (κ2) is 6.63. The summed E-state index contributed by atoms with van der Waals surface area (Å²) in [7, 11) is 0. The number of benzene rings is 2. The average Bonchev–Trinajstić information content (AvgIpc) is 2.63. The molecule has 2 aromatic rings. The Morgan fingerprint density at radius 2 is 2.00 bits per heavy atom. The van der Waals surface area contributed by atoms with Crippen LogP contribution in [-0.2, 0) is 5.60 Å². The minimum atomic E-state index is -1.43. The number of nitrogens with zero attached hydrogens (tertiary/aromatic N) is 2. The summed E-state index contributed by atoms with van der Waals surface area (Å²) in [6, 6.07) is 14.1. The van der Waals surface area contributed by atoms with Crippen LogP contribution in [0.4, 0.5) is 4.39 Å². The van der Waals surface area contributed by atoms with Gasteiger partial charge in [-0.15, -0.1) is 0 Å². The molecule has 0 aliphatic carbocycles. The smallest absolute Gasteiger partial charge is 0.254 e. The number of likely N-dealkylation sites (tertiary alicyclic amines) is 1. The number of carbonyl (C=O) groups excluding carboxylic acids is 1. The molecule has 0 spiro atoms. The van der Waals surface area contributed by atoms with Gasteiger partial charge in [0.05, 0.1) is 18.2 Å². The Bertz CT molecular complexity index is 834. The Labute approximate surface area is 144 Å². The first kappa shape index (κ1) is 17.1. The van der Waals surface area contributed by atoms with Crippen molar-refractivity contribution < 1.29 is 19.4 Å². The number of aliphatic hydroxyl groups excluding tert-OH is 1. The normalized spacial score (nSPS) is 23.1. The summed E-state index contributed by atoms with van der Waals surface area (Å²) in [4.78, 5) is 13.9. The molecule has 3 rings (SSSR count). The molecule has 128 valence electrons. The quantitative estimate of drug-likeness (QED) is 0.873. The maximum Gasteiger partial charge on any atom is 0.254 e. The largest absolute Gasteiger partial charge is 0.388 e. The predicted molar refractivity (Wildman–Crippen MR) is 88.0 cm³/mol. The molecule has 2 atom stereocenters. The van der Waals surface area contributed by atoms with Crippen molar-refractivity contribution in [3.8, 4) is 6.07 Å². The van der Waals surface area contributed by atoms with Gasteiger partial charge in [-0.2, -0.15) is 5.26 Å². The van der Waals surface area contributed by atoms with E-state index in [4.69, 9.17) is 5.26 Å². The fourth-order valence-electron chi connectivity index (χ4n) is 3.13. The van der Waals surface area contributed by atoms with Crippen LogP contribution in [0.1, 0.15) is 27.9 Å². The summed E-state index contributed by atoms with van der Waals surface area (Å²) in [5.41, 5.74) is -0.736. The predicted octanol–water partition coefficient (Wildman–Crippen LogP) is 1.79. The Balaban J connectivity index is 1.80. The van der Waals surface area contributed by atoms with Gasteiger partial charge < -0.3 is 15.1 Å². The number of carbonyl (C=O) groups is 1. The highest BCUT2D eigenvalue weighted by Crippen LogP contribution is 2.33. The number of rotatable bonds is 2. The van der Waals surface area contributed by atoms with Crippen LogP contribution in [0.2, 0.25) is 0 Å². The van der Waals surface area contributed by atoms with E-state index < -0.39 is 23.4 Å². The fraction of sp³-hybridized carbons (Fsp3) is 0.263. The van der Waals surface area contributed by atoms with Crippen molar-refractivity contribution in [3.63, 3.8) is 0 Å². The van der Waals surface area contributed by atoms with Crippen LogP contribution < -0.4 is 0 Å². The molecule has 0 radical (unpaired) electrons. The lowest BCUT2D eigenvalue weighted by Crippen LogP contribution is -2.55. The number of aliphatic hydroxyl groups is 2. The highest BCUT2D eigenvalue weighted by atomic mass is 19.1. The summed E-state index contributed by atoms with van der Waals surface area (Å²) in [5.74, 6) is -1.15. The number of piperidine rings is 1. The zero-order chi connectivity index (χ0) is 18.0. The zero-order valence-corrected chi connectivity index (χ0v) is 13.4. The fourth-order valence-corrected chi connectivity index (χ4v) is 3.13. The molecule has 5 nitrogen and oxygen atoms in total. The van der Waals surface area contributed by atoms with Crippen molar-refractivity contribution in [2.75, 3.05) is 13.1 Å². The molecule has 1 aliphatic heterocycles. The van der Waals surface area contributed by atoms with Gasteiger partial charge in [-0.25, -0.2) is 4.39 Å². The minimum absolute atomic E-state index is 0.0499. The molecular formula is C19H17FN2O3. The maximum absolute atomic E-state index is 13.6. The second-order valence-electron chi connectivity index (χ2n) is 6.15. The molecule has 0 saturated carbocycles. The summed E-state index contributed by atoms with van der Waals surface area (Å²) in [5, 5.41) is 30.2. The topological polar surface area (TPSA) is 84.6 Å². The van der Waals surface area contributed by atoms with Crippen LogP contribution in [0.3, 0.4) is 0 Å². The number of halogens is 1. The molecule has 0 unspecified atom stereocenters. The highest BCUT2D eigenvalue weighted by molar-refractivity contribution is 5.94. The Morgan fingerprint density at radius 3 is 2.64 bits per heavy atom. The first-order chi connectivity index (χ1) is 11.9. The molecule has 2 aromatic carbocycles. The van der Waals surface area contributed by atoms with Crippen LogP contribution in [0, 0.1) is 17.1 Å². The first-order valence-corrected chi connectivity index (χ1v) is 7.90. The summed E-state index contributed by atoms with van der Waals surface area (Å²) in [6.07, 6.45) is -1.01. The molecule has 1 aliphatic rings. The van der Waals surface area contributed by atoms with Crippen molar-refractivity contribution in [2.24, 2.45) is 0 Å². The van der Waals surface area contributed by atoms with E-state index in [9.17, 15) is 19.4 Å². The molecule has 0 bridgehead atoms. The summed E-state index contributed by atoms with van der Waals surface area (Å²) >= 11 is 0. The van der Waals surface area contributed by atoms with Crippen molar-refractivity contribution in [1.29, 1.82) is 5.26 Å². The van der Waals surface area contributed by atoms with Crippen LogP contribution in [0.15, 0.2) is 48.5 Å². The van der Waals surface area contributed by atoms with E-state index >= 15 is 0 Å². The van der Waals surface area contributed by atoms with Gasteiger partial charge in [-0.05, 0) is 23.8 Å². The molecule has 6 heteroatoms. The van der Waals surface area contributed by atoms with E-state index in [0.717, 1.165) is 12.1 Å². The lowest BCUT2D eigenvalue weighted by Gasteiger charge is -2.42.